The van der Waals surface area contributed by atoms with Crippen molar-refractivity contribution in [3.63, 3.8) is 0 Å². The third kappa shape index (κ3) is 4.39. The number of halogens is 1. The average molecular weight is 298 g/mol. The Balaban J connectivity index is 2.60. The summed E-state index contributed by atoms with van der Waals surface area (Å²) >= 11 is 6.02. The largest absolute Gasteiger partial charge is 0.398 e. The highest BCUT2D eigenvalue weighted by atomic mass is 35.5. The van der Waals surface area contributed by atoms with E-state index < -0.39 is 0 Å². The molecule has 4 nitrogen and oxygen atoms in total. The van der Waals surface area contributed by atoms with Gasteiger partial charge in [0.2, 0.25) is 0 Å². The maximum atomic E-state index is 12.1. The van der Waals surface area contributed by atoms with Gasteiger partial charge in [-0.15, -0.1) is 0 Å². The quantitative estimate of drug-likeness (QED) is 0.794. The lowest BCUT2D eigenvalue weighted by atomic mass is 10.1. The van der Waals surface area contributed by atoms with Crippen LogP contribution in [0.1, 0.15) is 38.1 Å². The first-order valence-electron chi connectivity index (χ1n) is 6.92. The molecule has 0 aromatic heterocycles. The molecule has 20 heavy (non-hydrogen) atoms. The van der Waals surface area contributed by atoms with Gasteiger partial charge in [-0.3, -0.25) is 9.69 Å². The molecule has 0 atom stereocenters. The van der Waals surface area contributed by atoms with Crippen LogP contribution >= 0.6 is 11.6 Å². The standard InChI is InChI=1S/C15H24ClN3O/c1-10(2)19(11(3)4)9-8-18-15(20)14-12(16)6-5-7-13(14)17/h5-7,10-11H,8-9,17H2,1-4H3,(H,18,20). The van der Waals surface area contributed by atoms with Crippen LogP contribution in [-0.4, -0.2) is 36.0 Å². The lowest BCUT2D eigenvalue weighted by Gasteiger charge is -2.30. The topological polar surface area (TPSA) is 58.4 Å². The number of hydrogen-bond acceptors (Lipinski definition) is 3. The van der Waals surface area contributed by atoms with Gasteiger partial charge in [0.15, 0.2) is 0 Å². The molecule has 0 aliphatic carbocycles. The molecule has 0 fully saturated rings. The smallest absolute Gasteiger partial charge is 0.254 e. The van der Waals surface area contributed by atoms with Crippen molar-refractivity contribution >= 4 is 23.2 Å². The molecule has 1 amide bonds. The number of rotatable bonds is 6. The van der Waals surface area contributed by atoms with Gasteiger partial charge in [-0.2, -0.15) is 0 Å². The van der Waals surface area contributed by atoms with Crippen LogP contribution in [0.4, 0.5) is 5.69 Å². The van der Waals surface area contributed by atoms with Crippen molar-refractivity contribution in [2.24, 2.45) is 0 Å². The first-order chi connectivity index (χ1) is 9.34. The first kappa shape index (κ1) is 16.8. The maximum Gasteiger partial charge on any atom is 0.254 e. The second-order valence-electron chi connectivity index (χ2n) is 5.39. The van der Waals surface area contributed by atoms with Gasteiger partial charge >= 0.3 is 0 Å². The van der Waals surface area contributed by atoms with Crippen LogP contribution in [0.3, 0.4) is 0 Å². The number of amides is 1. The Morgan fingerprint density at radius 2 is 1.90 bits per heavy atom. The minimum Gasteiger partial charge on any atom is -0.398 e. The van der Waals surface area contributed by atoms with E-state index >= 15 is 0 Å². The zero-order valence-electron chi connectivity index (χ0n) is 12.6. The van der Waals surface area contributed by atoms with Crippen molar-refractivity contribution in [2.45, 2.75) is 39.8 Å². The van der Waals surface area contributed by atoms with Crippen LogP contribution in [0, 0.1) is 0 Å². The molecule has 1 aromatic carbocycles. The molecule has 0 saturated carbocycles. The van der Waals surface area contributed by atoms with Crippen molar-refractivity contribution in [1.29, 1.82) is 0 Å². The predicted molar refractivity (Wildman–Crippen MR) is 85.2 cm³/mol. The van der Waals surface area contributed by atoms with E-state index in [1.54, 1.807) is 18.2 Å². The Hall–Kier alpha value is -1.26. The van der Waals surface area contributed by atoms with Crippen LogP contribution in [0.15, 0.2) is 18.2 Å². The van der Waals surface area contributed by atoms with Crippen molar-refractivity contribution in [3.05, 3.63) is 28.8 Å². The van der Waals surface area contributed by atoms with Crippen molar-refractivity contribution < 1.29 is 4.79 Å². The molecule has 0 aliphatic heterocycles. The molecule has 0 radical (unpaired) electrons. The van der Waals surface area contributed by atoms with E-state index in [1.807, 2.05) is 0 Å². The minimum absolute atomic E-state index is 0.222. The summed E-state index contributed by atoms with van der Waals surface area (Å²) in [6.07, 6.45) is 0. The van der Waals surface area contributed by atoms with Gasteiger partial charge < -0.3 is 11.1 Å². The molecular formula is C15H24ClN3O. The van der Waals surface area contributed by atoms with E-state index in [0.29, 0.717) is 34.9 Å². The zero-order chi connectivity index (χ0) is 15.3. The Kier molecular flexibility index (Phi) is 6.30. The third-order valence-corrected chi connectivity index (χ3v) is 3.57. The number of nitrogens with one attached hydrogen (secondary N) is 1. The number of benzene rings is 1. The van der Waals surface area contributed by atoms with Gasteiger partial charge in [0.05, 0.1) is 10.6 Å². The minimum atomic E-state index is -0.222. The van der Waals surface area contributed by atoms with Crippen molar-refractivity contribution in [2.75, 3.05) is 18.8 Å². The van der Waals surface area contributed by atoms with Crippen molar-refractivity contribution in [1.82, 2.24) is 10.2 Å². The van der Waals surface area contributed by atoms with Crippen LogP contribution in [-0.2, 0) is 0 Å². The van der Waals surface area contributed by atoms with E-state index in [9.17, 15) is 4.79 Å². The summed E-state index contributed by atoms with van der Waals surface area (Å²) in [5, 5.41) is 3.26. The first-order valence-corrected chi connectivity index (χ1v) is 7.30. The Morgan fingerprint density at radius 3 is 2.40 bits per heavy atom. The summed E-state index contributed by atoms with van der Waals surface area (Å²) in [7, 11) is 0. The molecule has 0 aliphatic rings. The number of nitrogens with zero attached hydrogens (tertiary/aromatic N) is 1. The fraction of sp³-hybridized carbons (Fsp3) is 0.533. The summed E-state index contributed by atoms with van der Waals surface area (Å²) in [5.41, 5.74) is 6.55. The Morgan fingerprint density at radius 1 is 1.30 bits per heavy atom. The Labute approximate surface area is 126 Å². The second kappa shape index (κ2) is 7.50. The number of carbonyl (C=O) groups excluding carboxylic acids is 1. The van der Waals surface area contributed by atoms with Crippen LogP contribution in [0.2, 0.25) is 5.02 Å². The van der Waals surface area contributed by atoms with Gasteiger partial charge in [-0.25, -0.2) is 0 Å². The van der Waals surface area contributed by atoms with E-state index in [2.05, 4.69) is 37.9 Å². The number of nitrogen functional groups attached to an aromatic ring is 1. The van der Waals surface area contributed by atoms with Crippen LogP contribution in [0.5, 0.6) is 0 Å². The highest BCUT2D eigenvalue weighted by Gasteiger charge is 2.16. The normalized spacial score (nSPS) is 11.4. The molecule has 0 saturated heterocycles. The molecule has 0 spiro atoms. The number of anilines is 1. The molecule has 0 unspecified atom stereocenters. The Bertz CT molecular complexity index is 432. The molecule has 1 aromatic rings. The van der Waals surface area contributed by atoms with E-state index in [1.165, 1.54) is 0 Å². The van der Waals surface area contributed by atoms with Crippen molar-refractivity contribution in [3.8, 4) is 0 Å². The van der Waals surface area contributed by atoms with Crippen LogP contribution in [0.25, 0.3) is 0 Å². The fourth-order valence-electron chi connectivity index (χ4n) is 2.28. The van der Waals surface area contributed by atoms with Gasteiger partial charge in [0, 0.05) is 30.9 Å². The molecule has 1 rings (SSSR count). The van der Waals surface area contributed by atoms with E-state index in [0.717, 1.165) is 6.54 Å². The number of nitrogens with two attached hydrogens (primary N) is 1. The third-order valence-electron chi connectivity index (χ3n) is 3.26. The van der Waals surface area contributed by atoms with Gasteiger partial charge in [0.25, 0.3) is 5.91 Å². The average Bonchev–Trinajstić information content (AvgIpc) is 2.33. The zero-order valence-corrected chi connectivity index (χ0v) is 13.4. The molecule has 112 valence electrons. The molecular weight excluding hydrogens is 274 g/mol. The summed E-state index contributed by atoms with van der Waals surface area (Å²) in [6.45, 7) is 9.95. The summed E-state index contributed by atoms with van der Waals surface area (Å²) in [5.74, 6) is -0.222. The predicted octanol–water partition coefficient (Wildman–Crippen LogP) is 2.77. The second-order valence-corrected chi connectivity index (χ2v) is 5.79. The van der Waals surface area contributed by atoms with Gasteiger partial charge in [-0.1, -0.05) is 17.7 Å². The fourth-order valence-corrected chi connectivity index (χ4v) is 2.55. The SMILES string of the molecule is CC(C)N(CCNC(=O)c1c(N)cccc1Cl)C(C)C. The van der Waals surface area contributed by atoms with E-state index in [4.69, 9.17) is 17.3 Å². The molecule has 3 N–H and O–H groups in total. The maximum absolute atomic E-state index is 12.1. The highest BCUT2D eigenvalue weighted by Crippen LogP contribution is 2.21. The molecule has 0 bridgehead atoms. The summed E-state index contributed by atoms with van der Waals surface area (Å²) < 4.78 is 0. The lowest BCUT2D eigenvalue weighted by Crippen LogP contribution is -2.42. The number of hydrogen-bond donors (Lipinski definition) is 2. The summed E-state index contributed by atoms with van der Waals surface area (Å²) in [4.78, 5) is 14.4. The van der Waals surface area contributed by atoms with E-state index in [-0.39, 0.29) is 5.91 Å². The van der Waals surface area contributed by atoms with Crippen LogP contribution < -0.4 is 11.1 Å². The summed E-state index contributed by atoms with van der Waals surface area (Å²) in [6, 6.07) is 5.96. The molecule has 0 heterocycles. The monoisotopic (exact) mass is 297 g/mol. The van der Waals surface area contributed by atoms with Gasteiger partial charge in [0.1, 0.15) is 0 Å². The number of carbonyl (C=O) groups is 1. The molecule has 5 heteroatoms. The lowest BCUT2D eigenvalue weighted by molar-refractivity contribution is 0.0940. The van der Waals surface area contributed by atoms with Gasteiger partial charge in [-0.05, 0) is 39.8 Å². The highest BCUT2D eigenvalue weighted by molar-refractivity contribution is 6.34.